The third-order valence-corrected chi connectivity index (χ3v) is 4.73. The molecule has 0 unspecified atom stereocenters. The van der Waals surface area contributed by atoms with Crippen LogP contribution in [0.25, 0.3) is 0 Å². The van der Waals surface area contributed by atoms with Crippen molar-refractivity contribution in [3.63, 3.8) is 0 Å². The maximum atomic E-state index is 12.2. The van der Waals surface area contributed by atoms with Crippen LogP contribution >= 0.6 is 11.8 Å². The lowest BCUT2D eigenvalue weighted by Gasteiger charge is -2.12. The highest BCUT2D eigenvalue weighted by atomic mass is 32.2. The van der Waals surface area contributed by atoms with Crippen LogP contribution in [0.15, 0.2) is 53.4 Å². The van der Waals surface area contributed by atoms with Gasteiger partial charge in [0.25, 0.3) is 0 Å². The fourth-order valence-corrected chi connectivity index (χ4v) is 3.07. The number of carbonyl (C=O) groups excluding carboxylic acids is 1. The first-order chi connectivity index (χ1) is 11.6. The molecule has 2 rings (SSSR count). The molecule has 0 aliphatic rings. The Bertz CT molecular complexity index is 641. The van der Waals surface area contributed by atoms with Gasteiger partial charge in [-0.1, -0.05) is 12.1 Å². The number of nitrogens with one attached hydrogen (secondary N) is 1. The number of methoxy groups -OCH3 is 2. The van der Waals surface area contributed by atoms with Crippen LogP contribution in [0.1, 0.15) is 12.5 Å². The Labute approximate surface area is 147 Å². The predicted octanol–water partition coefficient (Wildman–Crippen LogP) is 3.54. The standard InChI is InChI=1S/C19H23NO3S/c1-14(24-18-10-8-17(23-3)9-11-18)19(21)20-13-12-15-4-6-16(22-2)7-5-15/h4-11,14H,12-13H2,1-3H3,(H,20,21)/t14-/m0/s1. The van der Waals surface area contributed by atoms with Gasteiger partial charge in [0.1, 0.15) is 11.5 Å². The topological polar surface area (TPSA) is 47.6 Å². The molecule has 1 amide bonds. The summed E-state index contributed by atoms with van der Waals surface area (Å²) in [4.78, 5) is 13.2. The minimum Gasteiger partial charge on any atom is -0.497 e. The van der Waals surface area contributed by atoms with Crippen molar-refractivity contribution in [1.29, 1.82) is 0 Å². The minimum absolute atomic E-state index is 0.0457. The zero-order valence-corrected chi connectivity index (χ0v) is 15.1. The van der Waals surface area contributed by atoms with Crippen molar-refractivity contribution in [2.75, 3.05) is 20.8 Å². The van der Waals surface area contributed by atoms with Crippen LogP contribution in [0.2, 0.25) is 0 Å². The van der Waals surface area contributed by atoms with E-state index in [-0.39, 0.29) is 11.2 Å². The van der Waals surface area contributed by atoms with E-state index >= 15 is 0 Å². The van der Waals surface area contributed by atoms with E-state index in [0.29, 0.717) is 6.54 Å². The van der Waals surface area contributed by atoms with Gasteiger partial charge in [-0.3, -0.25) is 4.79 Å². The van der Waals surface area contributed by atoms with Crippen molar-refractivity contribution in [2.45, 2.75) is 23.5 Å². The van der Waals surface area contributed by atoms with E-state index in [2.05, 4.69) is 5.32 Å². The van der Waals surface area contributed by atoms with Crippen molar-refractivity contribution >= 4 is 17.7 Å². The average Bonchev–Trinajstić information content (AvgIpc) is 2.62. The lowest BCUT2D eigenvalue weighted by atomic mass is 10.1. The van der Waals surface area contributed by atoms with Crippen LogP contribution in [-0.4, -0.2) is 31.9 Å². The van der Waals surface area contributed by atoms with Crippen molar-refractivity contribution in [2.24, 2.45) is 0 Å². The van der Waals surface area contributed by atoms with Gasteiger partial charge in [0.05, 0.1) is 19.5 Å². The van der Waals surface area contributed by atoms with Gasteiger partial charge in [-0.05, 0) is 55.3 Å². The van der Waals surface area contributed by atoms with Crippen molar-refractivity contribution in [3.8, 4) is 11.5 Å². The maximum Gasteiger partial charge on any atom is 0.233 e. The molecule has 0 aliphatic carbocycles. The molecule has 24 heavy (non-hydrogen) atoms. The van der Waals surface area contributed by atoms with E-state index in [0.717, 1.165) is 22.8 Å². The van der Waals surface area contributed by atoms with Crippen LogP contribution in [0.4, 0.5) is 0 Å². The Morgan fingerprint density at radius 3 is 2.08 bits per heavy atom. The summed E-state index contributed by atoms with van der Waals surface area (Å²) in [5.74, 6) is 1.70. The van der Waals surface area contributed by atoms with Crippen LogP contribution in [0, 0.1) is 0 Å². The first kappa shape index (κ1) is 18.2. The van der Waals surface area contributed by atoms with E-state index in [1.165, 1.54) is 17.3 Å². The summed E-state index contributed by atoms with van der Waals surface area (Å²) in [7, 11) is 3.29. The summed E-state index contributed by atoms with van der Waals surface area (Å²) in [5, 5.41) is 2.84. The molecule has 0 bridgehead atoms. The number of hydrogen-bond donors (Lipinski definition) is 1. The van der Waals surface area contributed by atoms with Crippen molar-refractivity contribution < 1.29 is 14.3 Å². The minimum atomic E-state index is -0.144. The van der Waals surface area contributed by atoms with Gasteiger partial charge in [-0.25, -0.2) is 0 Å². The normalized spacial score (nSPS) is 11.6. The Morgan fingerprint density at radius 2 is 1.54 bits per heavy atom. The Hall–Kier alpha value is -2.14. The molecule has 0 fully saturated rings. The van der Waals surface area contributed by atoms with Gasteiger partial charge < -0.3 is 14.8 Å². The fourth-order valence-electron chi connectivity index (χ4n) is 2.18. The number of amides is 1. The van der Waals surface area contributed by atoms with Crippen LogP contribution < -0.4 is 14.8 Å². The number of carbonyl (C=O) groups is 1. The van der Waals surface area contributed by atoms with Gasteiger partial charge >= 0.3 is 0 Å². The quantitative estimate of drug-likeness (QED) is 0.744. The molecule has 2 aromatic rings. The smallest absolute Gasteiger partial charge is 0.233 e. The van der Waals surface area contributed by atoms with Crippen LogP contribution in [0.3, 0.4) is 0 Å². The van der Waals surface area contributed by atoms with E-state index in [1.54, 1.807) is 14.2 Å². The van der Waals surface area contributed by atoms with E-state index < -0.39 is 0 Å². The third kappa shape index (κ3) is 5.49. The lowest BCUT2D eigenvalue weighted by Crippen LogP contribution is -2.32. The first-order valence-electron chi connectivity index (χ1n) is 7.83. The van der Waals surface area contributed by atoms with E-state index in [4.69, 9.17) is 9.47 Å². The molecular weight excluding hydrogens is 322 g/mol. The van der Waals surface area contributed by atoms with Crippen molar-refractivity contribution in [1.82, 2.24) is 5.32 Å². The molecule has 1 N–H and O–H groups in total. The summed E-state index contributed by atoms with van der Waals surface area (Å²) >= 11 is 1.54. The molecule has 0 radical (unpaired) electrons. The Balaban J connectivity index is 1.76. The molecule has 4 nitrogen and oxygen atoms in total. The number of thioether (sulfide) groups is 1. The Morgan fingerprint density at radius 1 is 1.00 bits per heavy atom. The predicted molar refractivity (Wildman–Crippen MR) is 98.0 cm³/mol. The SMILES string of the molecule is COc1ccc(CCNC(=O)[C@H](C)Sc2ccc(OC)cc2)cc1. The molecule has 5 heteroatoms. The number of hydrogen-bond acceptors (Lipinski definition) is 4. The van der Waals surface area contributed by atoms with Gasteiger partial charge in [0.2, 0.25) is 5.91 Å². The molecule has 0 aliphatic heterocycles. The molecule has 0 heterocycles. The van der Waals surface area contributed by atoms with E-state index in [1.807, 2.05) is 55.5 Å². The summed E-state index contributed by atoms with van der Waals surface area (Å²) in [6, 6.07) is 15.6. The van der Waals surface area contributed by atoms with E-state index in [9.17, 15) is 4.79 Å². The summed E-state index contributed by atoms with van der Waals surface area (Å²) in [6.45, 7) is 2.54. The molecule has 128 valence electrons. The number of benzene rings is 2. The van der Waals surface area contributed by atoms with Crippen molar-refractivity contribution in [3.05, 3.63) is 54.1 Å². The van der Waals surface area contributed by atoms with Gasteiger partial charge in [0, 0.05) is 11.4 Å². The largest absolute Gasteiger partial charge is 0.497 e. The zero-order valence-electron chi connectivity index (χ0n) is 14.2. The van der Waals surface area contributed by atoms with Gasteiger partial charge in [0.15, 0.2) is 0 Å². The highest BCUT2D eigenvalue weighted by Gasteiger charge is 2.13. The number of rotatable bonds is 8. The van der Waals surface area contributed by atoms with Gasteiger partial charge in [-0.15, -0.1) is 11.8 Å². The highest BCUT2D eigenvalue weighted by molar-refractivity contribution is 8.00. The molecule has 0 spiro atoms. The molecule has 0 saturated heterocycles. The Kier molecular flexibility index (Phi) is 7.00. The fraction of sp³-hybridized carbons (Fsp3) is 0.316. The molecule has 0 saturated carbocycles. The third-order valence-electron chi connectivity index (χ3n) is 3.61. The second-order valence-electron chi connectivity index (χ2n) is 5.32. The highest BCUT2D eigenvalue weighted by Crippen LogP contribution is 2.25. The molecular formula is C19H23NO3S. The second-order valence-corrected chi connectivity index (χ2v) is 6.74. The van der Waals surface area contributed by atoms with Gasteiger partial charge in [-0.2, -0.15) is 0 Å². The second kappa shape index (κ2) is 9.23. The summed E-state index contributed by atoms with van der Waals surface area (Å²) < 4.78 is 10.3. The first-order valence-corrected chi connectivity index (χ1v) is 8.71. The average molecular weight is 345 g/mol. The monoisotopic (exact) mass is 345 g/mol. The summed E-state index contributed by atoms with van der Waals surface area (Å²) in [6.07, 6.45) is 0.801. The lowest BCUT2D eigenvalue weighted by molar-refractivity contribution is -0.120. The molecule has 0 aromatic heterocycles. The zero-order chi connectivity index (χ0) is 17.4. The summed E-state index contributed by atoms with van der Waals surface area (Å²) in [5.41, 5.74) is 1.17. The number of ether oxygens (including phenoxy) is 2. The molecule has 1 atom stereocenters. The van der Waals surface area contributed by atoms with Crippen LogP contribution in [0.5, 0.6) is 11.5 Å². The molecule has 2 aromatic carbocycles. The van der Waals surface area contributed by atoms with Crippen LogP contribution in [-0.2, 0) is 11.2 Å². The maximum absolute atomic E-state index is 12.2.